The summed E-state index contributed by atoms with van der Waals surface area (Å²) in [4.78, 5) is 17.2. The summed E-state index contributed by atoms with van der Waals surface area (Å²) in [6.07, 6.45) is 4.96. The van der Waals surface area contributed by atoms with Crippen LogP contribution in [0.2, 0.25) is 0 Å². The minimum atomic E-state index is -0.0204. The number of aryl methyl sites for hydroxylation is 1. The fourth-order valence-electron chi connectivity index (χ4n) is 2.38. The van der Waals surface area contributed by atoms with Gasteiger partial charge in [-0.15, -0.1) is 0 Å². The van der Waals surface area contributed by atoms with Gasteiger partial charge in [-0.2, -0.15) is 9.61 Å². The Hall–Kier alpha value is -1.23. The first-order valence-corrected chi connectivity index (χ1v) is 6.85. The average molecular weight is 249 g/mol. The van der Waals surface area contributed by atoms with Crippen molar-refractivity contribution in [3.8, 4) is 0 Å². The highest BCUT2D eigenvalue weighted by molar-refractivity contribution is 7.16. The van der Waals surface area contributed by atoms with Crippen molar-refractivity contribution in [1.82, 2.24) is 14.6 Å². The monoisotopic (exact) mass is 249 g/mol. The van der Waals surface area contributed by atoms with Gasteiger partial charge in [0.2, 0.25) is 4.96 Å². The van der Waals surface area contributed by atoms with Crippen molar-refractivity contribution < 1.29 is 0 Å². The van der Waals surface area contributed by atoms with E-state index < -0.39 is 0 Å². The summed E-state index contributed by atoms with van der Waals surface area (Å²) in [5, 5.41) is 5.54. The Labute approximate surface area is 103 Å². The lowest BCUT2D eigenvalue weighted by molar-refractivity contribution is 0.690. The molecule has 0 amide bonds. The second kappa shape index (κ2) is 3.91. The third kappa shape index (κ3) is 1.69. The van der Waals surface area contributed by atoms with Crippen molar-refractivity contribution in [2.24, 2.45) is 0 Å². The van der Waals surface area contributed by atoms with E-state index in [1.165, 1.54) is 30.2 Å². The summed E-state index contributed by atoms with van der Waals surface area (Å²) in [6, 6.07) is 0. The van der Waals surface area contributed by atoms with Gasteiger partial charge in [0.05, 0.1) is 0 Å². The quantitative estimate of drug-likeness (QED) is 0.779. The lowest BCUT2D eigenvalue weighted by Crippen LogP contribution is -2.19. The first-order chi connectivity index (χ1) is 8.16. The van der Waals surface area contributed by atoms with Gasteiger partial charge in [0, 0.05) is 17.2 Å². The van der Waals surface area contributed by atoms with E-state index in [9.17, 15) is 4.79 Å². The molecule has 1 aliphatic rings. The Kier molecular flexibility index (Phi) is 2.50. The molecule has 0 saturated heterocycles. The molecule has 2 aromatic rings. The summed E-state index contributed by atoms with van der Waals surface area (Å²) >= 11 is 1.57. The van der Waals surface area contributed by atoms with Gasteiger partial charge < -0.3 is 0 Å². The smallest absolute Gasteiger partial charge is 0.267 e. The van der Waals surface area contributed by atoms with E-state index in [4.69, 9.17) is 0 Å². The number of aromatic nitrogens is 3. The largest absolute Gasteiger partial charge is 0.278 e. The van der Waals surface area contributed by atoms with Crippen LogP contribution in [0.3, 0.4) is 0 Å². The summed E-state index contributed by atoms with van der Waals surface area (Å²) in [6.45, 7) is 3.69. The molecular weight excluding hydrogens is 234 g/mol. The van der Waals surface area contributed by atoms with Gasteiger partial charge in [-0.3, -0.25) is 4.79 Å². The summed E-state index contributed by atoms with van der Waals surface area (Å²) in [5.74, 6) is 0.543. The second-order valence-corrected chi connectivity index (χ2v) is 5.73. The van der Waals surface area contributed by atoms with Crippen LogP contribution in [-0.2, 0) is 0 Å². The Balaban J connectivity index is 2.18. The zero-order chi connectivity index (χ0) is 12.0. The minimum Gasteiger partial charge on any atom is -0.267 e. The third-order valence-electron chi connectivity index (χ3n) is 3.60. The molecule has 90 valence electrons. The maximum Gasteiger partial charge on any atom is 0.278 e. The van der Waals surface area contributed by atoms with Crippen LogP contribution in [0.1, 0.15) is 47.9 Å². The Bertz CT molecular complexity index is 622. The van der Waals surface area contributed by atoms with Crippen molar-refractivity contribution in [3.05, 3.63) is 26.6 Å². The van der Waals surface area contributed by atoms with Gasteiger partial charge in [-0.1, -0.05) is 24.2 Å². The minimum absolute atomic E-state index is 0.0204. The fraction of sp³-hybridized carbons (Fsp3) is 0.583. The van der Waals surface area contributed by atoms with Gasteiger partial charge in [0.25, 0.3) is 5.56 Å². The van der Waals surface area contributed by atoms with Gasteiger partial charge in [-0.25, -0.2) is 4.98 Å². The van der Waals surface area contributed by atoms with E-state index in [1.54, 1.807) is 11.3 Å². The SMILES string of the molecule is Cc1nc2sc(C3CCCC3)nn2c(=O)c1C. The van der Waals surface area contributed by atoms with Crippen molar-refractivity contribution in [2.75, 3.05) is 0 Å². The molecule has 0 atom stereocenters. The molecule has 0 spiro atoms. The van der Waals surface area contributed by atoms with Crippen LogP contribution in [0.4, 0.5) is 0 Å². The van der Waals surface area contributed by atoms with E-state index in [1.807, 2.05) is 13.8 Å². The van der Waals surface area contributed by atoms with Crippen LogP contribution < -0.4 is 5.56 Å². The van der Waals surface area contributed by atoms with Crippen molar-refractivity contribution in [1.29, 1.82) is 0 Å². The maximum atomic E-state index is 12.0. The van der Waals surface area contributed by atoms with E-state index in [0.29, 0.717) is 11.5 Å². The van der Waals surface area contributed by atoms with Crippen LogP contribution in [-0.4, -0.2) is 14.6 Å². The summed E-state index contributed by atoms with van der Waals surface area (Å²) in [7, 11) is 0. The van der Waals surface area contributed by atoms with E-state index >= 15 is 0 Å². The summed E-state index contributed by atoms with van der Waals surface area (Å²) < 4.78 is 1.47. The normalized spacial score (nSPS) is 17.1. The van der Waals surface area contributed by atoms with Crippen LogP contribution in [0, 0.1) is 13.8 Å². The molecule has 0 aromatic carbocycles. The van der Waals surface area contributed by atoms with E-state index in [0.717, 1.165) is 15.7 Å². The lowest BCUT2D eigenvalue weighted by Gasteiger charge is -2.00. The second-order valence-electron chi connectivity index (χ2n) is 4.74. The molecule has 1 aliphatic carbocycles. The maximum absolute atomic E-state index is 12.0. The molecule has 2 heterocycles. The molecule has 0 unspecified atom stereocenters. The topological polar surface area (TPSA) is 47.3 Å². The predicted octanol–water partition coefficient (Wildman–Crippen LogP) is 2.43. The third-order valence-corrected chi connectivity index (χ3v) is 4.67. The number of hydrogen-bond donors (Lipinski definition) is 0. The highest BCUT2D eigenvalue weighted by atomic mass is 32.1. The molecule has 3 rings (SSSR count). The van der Waals surface area contributed by atoms with Gasteiger partial charge in [0.1, 0.15) is 5.01 Å². The molecule has 17 heavy (non-hydrogen) atoms. The zero-order valence-electron chi connectivity index (χ0n) is 10.1. The molecule has 4 nitrogen and oxygen atoms in total. The van der Waals surface area contributed by atoms with Gasteiger partial charge >= 0.3 is 0 Å². The Morgan fingerprint density at radius 2 is 2.00 bits per heavy atom. The van der Waals surface area contributed by atoms with Crippen LogP contribution >= 0.6 is 11.3 Å². The van der Waals surface area contributed by atoms with Gasteiger partial charge in [0.15, 0.2) is 0 Å². The molecular formula is C12H15N3OS. The first-order valence-electron chi connectivity index (χ1n) is 6.04. The Morgan fingerprint density at radius 3 is 2.71 bits per heavy atom. The van der Waals surface area contributed by atoms with Crippen molar-refractivity contribution in [3.63, 3.8) is 0 Å². The highest BCUT2D eigenvalue weighted by Crippen LogP contribution is 2.35. The van der Waals surface area contributed by atoms with E-state index in [-0.39, 0.29) is 5.56 Å². The molecule has 1 saturated carbocycles. The van der Waals surface area contributed by atoms with Crippen molar-refractivity contribution in [2.45, 2.75) is 45.4 Å². The molecule has 1 fully saturated rings. The molecule has 0 N–H and O–H groups in total. The number of rotatable bonds is 1. The van der Waals surface area contributed by atoms with Crippen LogP contribution in [0.25, 0.3) is 4.96 Å². The summed E-state index contributed by atoms with van der Waals surface area (Å²) in [5.41, 5.74) is 1.50. The molecule has 5 heteroatoms. The molecule has 0 bridgehead atoms. The zero-order valence-corrected chi connectivity index (χ0v) is 10.9. The number of hydrogen-bond acceptors (Lipinski definition) is 4. The van der Waals surface area contributed by atoms with Crippen LogP contribution in [0.5, 0.6) is 0 Å². The fourth-order valence-corrected chi connectivity index (χ4v) is 3.48. The molecule has 0 radical (unpaired) electrons. The number of nitrogens with zero attached hydrogens (tertiary/aromatic N) is 3. The van der Waals surface area contributed by atoms with Crippen LogP contribution in [0.15, 0.2) is 4.79 Å². The lowest BCUT2D eigenvalue weighted by atomic mass is 10.1. The number of fused-ring (bicyclic) bond motifs is 1. The van der Waals surface area contributed by atoms with Gasteiger partial charge in [-0.05, 0) is 26.7 Å². The van der Waals surface area contributed by atoms with E-state index in [2.05, 4.69) is 10.1 Å². The standard InChI is InChI=1S/C12H15N3OS/c1-7-8(2)13-12-15(11(7)16)14-10(17-12)9-5-3-4-6-9/h9H,3-6H2,1-2H3. The predicted molar refractivity (Wildman–Crippen MR) is 67.8 cm³/mol. The average Bonchev–Trinajstić information content (AvgIpc) is 2.93. The molecule has 2 aromatic heterocycles. The van der Waals surface area contributed by atoms with Crippen molar-refractivity contribution >= 4 is 16.3 Å². The molecule has 0 aliphatic heterocycles. The highest BCUT2D eigenvalue weighted by Gasteiger charge is 2.22. The Morgan fingerprint density at radius 1 is 1.29 bits per heavy atom. The first kappa shape index (κ1) is 10.9.